The van der Waals surface area contributed by atoms with Gasteiger partial charge in [-0.1, -0.05) is 0 Å². The number of rotatable bonds is 1. The Morgan fingerprint density at radius 3 is 2.60 bits per heavy atom. The molecule has 0 atom stereocenters. The average Bonchev–Trinajstić information content (AvgIpc) is 2.71. The van der Waals surface area contributed by atoms with Crippen LogP contribution < -0.4 is 9.47 Å². The summed E-state index contributed by atoms with van der Waals surface area (Å²) in [5.41, 5.74) is 0.616. The van der Waals surface area contributed by atoms with E-state index in [9.17, 15) is 9.90 Å². The molecule has 2 aliphatic heterocycles. The van der Waals surface area contributed by atoms with Crippen molar-refractivity contribution in [3.8, 4) is 11.5 Å². The number of carbonyl (C=O) groups excluding carboxylic acids is 1. The first-order valence-corrected chi connectivity index (χ1v) is 7.11. The Morgan fingerprint density at radius 2 is 1.85 bits per heavy atom. The lowest BCUT2D eigenvalue weighted by atomic mass is 10.1. The number of aliphatic hydroxyl groups is 1. The fraction of sp³-hybridized carbons (Fsp3) is 0.533. The van der Waals surface area contributed by atoms with E-state index < -0.39 is 0 Å². The molecule has 0 aliphatic carbocycles. The summed E-state index contributed by atoms with van der Waals surface area (Å²) in [7, 11) is 0. The maximum absolute atomic E-state index is 12.4. The molecule has 2 aliphatic rings. The second-order valence-corrected chi connectivity index (χ2v) is 5.24. The number of likely N-dealkylation sites (tertiary alicyclic amines) is 1. The summed E-state index contributed by atoms with van der Waals surface area (Å²) in [5, 5.41) is 9.49. The number of hydrogen-bond donors (Lipinski definition) is 1. The van der Waals surface area contributed by atoms with Crippen LogP contribution in [0.2, 0.25) is 0 Å². The summed E-state index contributed by atoms with van der Waals surface area (Å²) in [5.74, 6) is 1.34. The zero-order valence-corrected chi connectivity index (χ0v) is 11.4. The third-order valence-electron chi connectivity index (χ3n) is 3.75. The summed E-state index contributed by atoms with van der Waals surface area (Å²) < 4.78 is 11.2. The molecule has 0 spiro atoms. The van der Waals surface area contributed by atoms with Crippen LogP contribution in [0.25, 0.3) is 0 Å². The lowest BCUT2D eigenvalue weighted by molar-refractivity contribution is 0.0546. The number of ether oxygens (including phenoxy) is 2. The van der Waals surface area contributed by atoms with Gasteiger partial charge in [0.1, 0.15) is 0 Å². The zero-order valence-electron chi connectivity index (χ0n) is 11.4. The van der Waals surface area contributed by atoms with Crippen LogP contribution in [-0.2, 0) is 0 Å². The van der Waals surface area contributed by atoms with Crippen LogP contribution in [0.5, 0.6) is 11.5 Å². The fourth-order valence-electron chi connectivity index (χ4n) is 2.55. The van der Waals surface area contributed by atoms with Crippen molar-refractivity contribution in [2.24, 2.45) is 0 Å². The van der Waals surface area contributed by atoms with Crippen LogP contribution in [0.3, 0.4) is 0 Å². The Hall–Kier alpha value is -1.75. The van der Waals surface area contributed by atoms with Crippen LogP contribution in [0.4, 0.5) is 0 Å². The minimum atomic E-state index is -0.275. The first-order valence-electron chi connectivity index (χ1n) is 7.11. The Morgan fingerprint density at radius 1 is 1.15 bits per heavy atom. The van der Waals surface area contributed by atoms with Gasteiger partial charge in [0.15, 0.2) is 11.5 Å². The van der Waals surface area contributed by atoms with E-state index in [2.05, 4.69) is 0 Å². The molecule has 5 heteroatoms. The van der Waals surface area contributed by atoms with Crippen LogP contribution in [-0.4, -0.2) is 48.3 Å². The number of nitrogens with zero attached hydrogens (tertiary/aromatic N) is 1. The normalized spacial score (nSPS) is 19.6. The molecule has 2 heterocycles. The third-order valence-corrected chi connectivity index (χ3v) is 3.75. The van der Waals surface area contributed by atoms with Gasteiger partial charge in [-0.25, -0.2) is 0 Å². The number of fused-ring (bicyclic) bond motifs is 1. The van der Waals surface area contributed by atoms with Crippen molar-refractivity contribution in [2.45, 2.75) is 25.4 Å². The van der Waals surface area contributed by atoms with Crippen molar-refractivity contribution >= 4 is 5.91 Å². The molecular weight excluding hydrogens is 258 g/mol. The minimum Gasteiger partial charge on any atom is -0.490 e. The third kappa shape index (κ3) is 2.72. The highest BCUT2D eigenvalue weighted by Gasteiger charge is 2.23. The molecule has 0 radical (unpaired) electrons. The minimum absolute atomic E-state index is 0.00690. The van der Waals surface area contributed by atoms with Crippen molar-refractivity contribution in [3.63, 3.8) is 0 Å². The zero-order chi connectivity index (χ0) is 13.9. The van der Waals surface area contributed by atoms with E-state index in [4.69, 9.17) is 9.47 Å². The van der Waals surface area contributed by atoms with E-state index in [0.29, 0.717) is 56.2 Å². The Bertz CT molecular complexity index is 495. The van der Waals surface area contributed by atoms with E-state index >= 15 is 0 Å². The number of benzene rings is 1. The molecule has 5 nitrogen and oxygen atoms in total. The average molecular weight is 277 g/mol. The monoisotopic (exact) mass is 277 g/mol. The predicted octanol–water partition coefficient (Wildman–Crippen LogP) is 1.44. The van der Waals surface area contributed by atoms with Gasteiger partial charge in [0, 0.05) is 25.1 Å². The van der Waals surface area contributed by atoms with E-state index in [1.165, 1.54) is 0 Å². The number of hydrogen-bond acceptors (Lipinski definition) is 4. The lowest BCUT2D eigenvalue weighted by Crippen LogP contribution is -2.40. The van der Waals surface area contributed by atoms with Crippen molar-refractivity contribution < 1.29 is 19.4 Å². The molecule has 1 saturated heterocycles. The molecule has 0 unspecified atom stereocenters. The van der Waals surface area contributed by atoms with E-state index in [-0.39, 0.29) is 12.0 Å². The molecule has 1 aromatic rings. The van der Waals surface area contributed by atoms with Gasteiger partial charge >= 0.3 is 0 Å². The second-order valence-electron chi connectivity index (χ2n) is 5.24. The van der Waals surface area contributed by atoms with Gasteiger partial charge in [-0.2, -0.15) is 0 Å². The van der Waals surface area contributed by atoms with Crippen LogP contribution >= 0.6 is 0 Å². The van der Waals surface area contributed by atoms with Gasteiger partial charge < -0.3 is 19.5 Å². The fourth-order valence-corrected chi connectivity index (χ4v) is 2.55. The highest BCUT2D eigenvalue weighted by molar-refractivity contribution is 5.95. The van der Waals surface area contributed by atoms with Crippen molar-refractivity contribution in [3.05, 3.63) is 23.8 Å². The lowest BCUT2D eigenvalue weighted by Gasteiger charge is -2.29. The standard InChI is InChI=1S/C15H19NO4/c17-12-4-6-16(7-5-12)15(18)11-2-3-13-14(10-11)20-9-1-8-19-13/h2-3,10,12,17H,1,4-9H2. The summed E-state index contributed by atoms with van der Waals surface area (Å²) in [6.45, 7) is 2.47. The topological polar surface area (TPSA) is 59.0 Å². The molecule has 0 bridgehead atoms. The molecule has 20 heavy (non-hydrogen) atoms. The molecule has 0 aromatic heterocycles. The van der Waals surface area contributed by atoms with Crippen molar-refractivity contribution in [2.75, 3.05) is 26.3 Å². The highest BCUT2D eigenvalue weighted by Crippen LogP contribution is 2.31. The van der Waals surface area contributed by atoms with Crippen molar-refractivity contribution in [1.29, 1.82) is 0 Å². The molecule has 0 saturated carbocycles. The SMILES string of the molecule is O=C(c1ccc2c(c1)OCCCO2)N1CCC(O)CC1. The highest BCUT2D eigenvalue weighted by atomic mass is 16.5. The maximum atomic E-state index is 12.4. The molecule has 108 valence electrons. The molecule has 1 aromatic carbocycles. The molecule has 1 N–H and O–H groups in total. The quantitative estimate of drug-likeness (QED) is 0.844. The van der Waals surface area contributed by atoms with Gasteiger partial charge in [0.25, 0.3) is 5.91 Å². The Labute approximate surface area is 118 Å². The largest absolute Gasteiger partial charge is 0.490 e. The first-order chi connectivity index (χ1) is 9.74. The first kappa shape index (κ1) is 13.2. The van der Waals surface area contributed by atoms with Crippen molar-refractivity contribution in [1.82, 2.24) is 4.90 Å². The number of carbonyl (C=O) groups is 1. The number of aliphatic hydroxyl groups excluding tert-OH is 1. The van der Waals surface area contributed by atoms with Crippen LogP contribution in [0.15, 0.2) is 18.2 Å². The predicted molar refractivity (Wildman–Crippen MR) is 73.2 cm³/mol. The van der Waals surface area contributed by atoms with E-state index in [1.54, 1.807) is 23.1 Å². The van der Waals surface area contributed by atoms with Gasteiger partial charge in [-0.05, 0) is 31.0 Å². The van der Waals surface area contributed by atoms with Crippen LogP contribution in [0, 0.1) is 0 Å². The molecule has 3 rings (SSSR count). The smallest absolute Gasteiger partial charge is 0.253 e. The van der Waals surface area contributed by atoms with Gasteiger partial charge in [-0.3, -0.25) is 4.79 Å². The van der Waals surface area contributed by atoms with Crippen LogP contribution in [0.1, 0.15) is 29.6 Å². The summed E-state index contributed by atoms with van der Waals surface area (Å²) in [6.07, 6.45) is 1.87. The molecule has 1 amide bonds. The van der Waals surface area contributed by atoms with E-state index in [1.807, 2.05) is 0 Å². The molecule has 1 fully saturated rings. The van der Waals surface area contributed by atoms with E-state index in [0.717, 1.165) is 6.42 Å². The maximum Gasteiger partial charge on any atom is 0.253 e. The number of piperidine rings is 1. The second kappa shape index (κ2) is 5.71. The molecular formula is C15H19NO4. The number of amides is 1. The summed E-state index contributed by atoms with van der Waals surface area (Å²) in [6, 6.07) is 5.33. The summed E-state index contributed by atoms with van der Waals surface area (Å²) >= 11 is 0. The Balaban J connectivity index is 1.76. The summed E-state index contributed by atoms with van der Waals surface area (Å²) in [4.78, 5) is 14.2. The van der Waals surface area contributed by atoms with Gasteiger partial charge in [-0.15, -0.1) is 0 Å². The van der Waals surface area contributed by atoms with Gasteiger partial charge in [0.2, 0.25) is 0 Å². The van der Waals surface area contributed by atoms with Gasteiger partial charge in [0.05, 0.1) is 19.3 Å². The Kier molecular flexibility index (Phi) is 3.78.